The zero-order valence-corrected chi connectivity index (χ0v) is 21.7. The first-order valence-corrected chi connectivity index (χ1v) is 13.8. The van der Waals surface area contributed by atoms with Crippen LogP contribution in [-0.2, 0) is 0 Å². The zero-order chi connectivity index (χ0) is 25.8. The molecule has 0 aliphatic heterocycles. The van der Waals surface area contributed by atoms with Crippen molar-refractivity contribution in [2.24, 2.45) is 0 Å². The van der Waals surface area contributed by atoms with E-state index in [1.165, 1.54) is 25.7 Å². The van der Waals surface area contributed by atoms with E-state index in [9.17, 15) is 0 Å². The average Bonchev–Trinajstić information content (AvgIpc) is 3.39. The van der Waals surface area contributed by atoms with E-state index in [-0.39, 0.29) is 0 Å². The highest BCUT2D eigenvalue weighted by atomic mass is 32.1. The minimum Gasteiger partial charge on any atom is -0.244 e. The maximum Gasteiger partial charge on any atom is 0.179 e. The summed E-state index contributed by atoms with van der Waals surface area (Å²) in [6.07, 6.45) is 0. The van der Waals surface area contributed by atoms with Crippen molar-refractivity contribution in [1.29, 1.82) is 0 Å². The lowest BCUT2D eigenvalue weighted by atomic mass is 10.0. The molecule has 182 valence electrons. The van der Waals surface area contributed by atoms with Gasteiger partial charge in [0.15, 0.2) is 5.82 Å². The molecule has 5 aromatic carbocycles. The smallest absolute Gasteiger partial charge is 0.179 e. The fraction of sp³-hybridized carbons (Fsp3) is 0. The van der Waals surface area contributed by atoms with Crippen LogP contribution < -0.4 is 0 Å². The molecular weight excluding hydrogens is 494 g/mol. The van der Waals surface area contributed by atoms with Crippen molar-refractivity contribution in [3.8, 4) is 33.9 Å². The molecule has 3 aromatic heterocycles. The quantitative estimate of drug-likeness (QED) is 0.235. The third-order valence-corrected chi connectivity index (χ3v) is 8.51. The molecule has 0 aliphatic carbocycles. The predicted octanol–water partition coefficient (Wildman–Crippen LogP) is 9.55. The number of pyridine rings is 1. The number of benzene rings is 5. The van der Waals surface area contributed by atoms with Crippen LogP contribution in [0.4, 0.5) is 0 Å². The Morgan fingerprint density at radius 2 is 1.26 bits per heavy atom. The number of thiophene rings is 1. The van der Waals surface area contributed by atoms with Gasteiger partial charge in [-0.1, -0.05) is 103 Å². The molecule has 0 spiro atoms. The highest BCUT2D eigenvalue weighted by molar-refractivity contribution is 7.26. The Kier molecular flexibility index (Phi) is 5.00. The Morgan fingerprint density at radius 3 is 2.18 bits per heavy atom. The van der Waals surface area contributed by atoms with E-state index in [2.05, 4.69) is 109 Å². The summed E-state index contributed by atoms with van der Waals surface area (Å²) in [4.78, 5) is 15.2. The summed E-state index contributed by atoms with van der Waals surface area (Å²) in [5.74, 6) is 0.633. The van der Waals surface area contributed by atoms with Crippen LogP contribution >= 0.6 is 11.3 Å². The Labute approximate surface area is 229 Å². The van der Waals surface area contributed by atoms with E-state index in [0.717, 1.165) is 44.3 Å². The summed E-state index contributed by atoms with van der Waals surface area (Å²) in [5, 5.41) is 4.67. The van der Waals surface area contributed by atoms with Crippen molar-refractivity contribution in [2.45, 2.75) is 0 Å². The second-order valence-corrected chi connectivity index (χ2v) is 10.7. The Hall–Kier alpha value is -4.93. The number of para-hydroxylation sites is 1. The van der Waals surface area contributed by atoms with Crippen molar-refractivity contribution in [3.63, 3.8) is 0 Å². The van der Waals surface area contributed by atoms with Gasteiger partial charge in [-0.3, -0.25) is 0 Å². The normalized spacial score (nSPS) is 11.6. The maximum atomic E-state index is 5.18. The van der Waals surface area contributed by atoms with Gasteiger partial charge in [-0.15, -0.1) is 11.3 Å². The third-order valence-electron chi connectivity index (χ3n) is 7.29. The summed E-state index contributed by atoms with van der Waals surface area (Å²) in [5.41, 5.74) is 6.99. The van der Waals surface area contributed by atoms with E-state index < -0.39 is 0 Å². The molecule has 0 radical (unpaired) electrons. The first-order valence-electron chi connectivity index (χ1n) is 13.0. The number of rotatable bonds is 3. The molecule has 0 bridgehead atoms. The van der Waals surface area contributed by atoms with E-state index in [0.29, 0.717) is 5.82 Å². The van der Waals surface area contributed by atoms with Gasteiger partial charge in [-0.25, -0.2) is 15.0 Å². The van der Waals surface area contributed by atoms with E-state index in [1.54, 1.807) is 0 Å². The number of nitrogens with zero attached hydrogens (tertiary/aromatic N) is 3. The lowest BCUT2D eigenvalue weighted by Crippen LogP contribution is -1.97. The predicted molar refractivity (Wildman–Crippen MR) is 164 cm³/mol. The van der Waals surface area contributed by atoms with Crippen molar-refractivity contribution in [3.05, 3.63) is 127 Å². The van der Waals surface area contributed by atoms with Crippen molar-refractivity contribution in [2.75, 3.05) is 0 Å². The first-order chi connectivity index (χ1) is 19.3. The highest BCUT2D eigenvalue weighted by Crippen LogP contribution is 2.41. The standard InChI is InChI=1S/C35H21N3S/c1-2-9-22(10-3-1)24-18-17-23-19-20-30(36-31(23)21-24)35-37-29-15-6-4-12-27(29)33(38-35)28-14-8-13-26-25-11-5-7-16-32(25)39-34(26)28/h1-21H. The molecule has 0 unspecified atom stereocenters. The lowest BCUT2D eigenvalue weighted by molar-refractivity contribution is 1.20. The number of hydrogen-bond donors (Lipinski definition) is 0. The van der Waals surface area contributed by atoms with Gasteiger partial charge in [0.2, 0.25) is 0 Å². The van der Waals surface area contributed by atoms with Gasteiger partial charge < -0.3 is 0 Å². The monoisotopic (exact) mass is 515 g/mol. The molecule has 3 nitrogen and oxygen atoms in total. The van der Waals surface area contributed by atoms with Gasteiger partial charge in [-0.2, -0.15) is 0 Å². The second-order valence-electron chi connectivity index (χ2n) is 9.66. The largest absolute Gasteiger partial charge is 0.244 e. The molecule has 8 aromatic rings. The molecule has 0 N–H and O–H groups in total. The summed E-state index contributed by atoms with van der Waals surface area (Å²) in [7, 11) is 0. The topological polar surface area (TPSA) is 38.7 Å². The molecule has 0 amide bonds. The van der Waals surface area contributed by atoms with E-state index in [4.69, 9.17) is 15.0 Å². The molecule has 0 fully saturated rings. The lowest BCUT2D eigenvalue weighted by Gasteiger charge is -2.11. The Morgan fingerprint density at radius 1 is 0.487 bits per heavy atom. The molecule has 0 saturated carbocycles. The third kappa shape index (κ3) is 3.69. The van der Waals surface area contributed by atoms with E-state index >= 15 is 0 Å². The number of fused-ring (bicyclic) bond motifs is 5. The number of aromatic nitrogens is 3. The van der Waals surface area contributed by atoms with Crippen LogP contribution in [0.5, 0.6) is 0 Å². The van der Waals surface area contributed by atoms with Gasteiger partial charge in [0, 0.05) is 36.5 Å². The first kappa shape index (κ1) is 22.1. The van der Waals surface area contributed by atoms with Crippen LogP contribution in [0.1, 0.15) is 0 Å². The zero-order valence-electron chi connectivity index (χ0n) is 20.9. The van der Waals surface area contributed by atoms with Crippen molar-refractivity contribution >= 4 is 53.3 Å². The molecule has 4 heteroatoms. The molecule has 0 atom stereocenters. The molecule has 3 heterocycles. The SMILES string of the molecule is c1ccc(-c2ccc3ccc(-c4nc(-c5cccc6c5sc5ccccc56)c5ccccc5n4)nc3c2)cc1. The van der Waals surface area contributed by atoms with Crippen molar-refractivity contribution in [1.82, 2.24) is 15.0 Å². The minimum absolute atomic E-state index is 0.633. The fourth-order valence-corrected chi connectivity index (χ4v) is 6.60. The van der Waals surface area contributed by atoms with Gasteiger partial charge in [0.25, 0.3) is 0 Å². The van der Waals surface area contributed by atoms with Gasteiger partial charge in [0.1, 0.15) is 5.69 Å². The Bertz CT molecular complexity index is 2180. The van der Waals surface area contributed by atoms with Crippen LogP contribution in [0.2, 0.25) is 0 Å². The van der Waals surface area contributed by atoms with Gasteiger partial charge >= 0.3 is 0 Å². The molecule has 0 aliphatic rings. The van der Waals surface area contributed by atoms with Crippen LogP contribution in [0.25, 0.3) is 75.9 Å². The average molecular weight is 516 g/mol. The van der Waals surface area contributed by atoms with Gasteiger partial charge in [-0.05, 0) is 35.4 Å². The summed E-state index contributed by atoms with van der Waals surface area (Å²) in [6.45, 7) is 0. The molecule has 39 heavy (non-hydrogen) atoms. The molecule has 8 rings (SSSR count). The summed E-state index contributed by atoms with van der Waals surface area (Å²) in [6, 6.07) is 44.3. The van der Waals surface area contributed by atoms with Crippen LogP contribution in [0.3, 0.4) is 0 Å². The highest BCUT2D eigenvalue weighted by Gasteiger charge is 2.17. The van der Waals surface area contributed by atoms with Crippen LogP contribution in [-0.4, -0.2) is 15.0 Å². The van der Waals surface area contributed by atoms with Gasteiger partial charge in [0.05, 0.1) is 16.7 Å². The van der Waals surface area contributed by atoms with Crippen LogP contribution in [0, 0.1) is 0 Å². The Balaban J connectivity index is 1.35. The number of hydrogen-bond acceptors (Lipinski definition) is 4. The summed E-state index contributed by atoms with van der Waals surface area (Å²) >= 11 is 1.82. The second kappa shape index (κ2) is 8.83. The summed E-state index contributed by atoms with van der Waals surface area (Å²) < 4.78 is 2.52. The van der Waals surface area contributed by atoms with E-state index in [1.807, 2.05) is 29.5 Å². The molecular formula is C35H21N3S. The fourth-order valence-electron chi connectivity index (χ4n) is 5.38. The van der Waals surface area contributed by atoms with Crippen molar-refractivity contribution < 1.29 is 0 Å². The molecule has 0 saturated heterocycles. The van der Waals surface area contributed by atoms with Crippen LogP contribution in [0.15, 0.2) is 127 Å². The minimum atomic E-state index is 0.633. The maximum absolute atomic E-state index is 5.18.